The molecule has 5 heteroatoms. The molecule has 1 N–H and O–H groups in total. The Morgan fingerprint density at radius 1 is 0.912 bits per heavy atom. The largest absolute Gasteiger partial charge is 0.493 e. The molecule has 5 nitrogen and oxygen atoms in total. The molecule has 0 amide bonds. The zero-order valence-corrected chi connectivity index (χ0v) is 20.0. The maximum absolute atomic E-state index is 5.44. The number of rotatable bonds is 6. The average molecular weight is 455 g/mol. The summed E-state index contributed by atoms with van der Waals surface area (Å²) in [7, 11) is 4.82. The number of benzene rings is 3. The summed E-state index contributed by atoms with van der Waals surface area (Å²) < 4.78 is 16.3. The van der Waals surface area contributed by atoms with Gasteiger partial charge in [-0.1, -0.05) is 42.0 Å². The van der Waals surface area contributed by atoms with Gasteiger partial charge < -0.3 is 19.5 Å². The molecule has 2 aliphatic rings. The van der Waals surface area contributed by atoms with Crippen molar-refractivity contribution in [2.75, 3.05) is 26.6 Å². The molecule has 0 aromatic heterocycles. The summed E-state index contributed by atoms with van der Waals surface area (Å²) >= 11 is 0. The molecule has 0 radical (unpaired) electrons. The molecule has 0 unspecified atom stereocenters. The number of methoxy groups -OCH3 is 3. The maximum Gasteiger partial charge on any atom is 0.203 e. The molecule has 0 bridgehead atoms. The van der Waals surface area contributed by atoms with Crippen molar-refractivity contribution in [3.63, 3.8) is 0 Å². The monoisotopic (exact) mass is 454 g/mol. The lowest BCUT2D eigenvalue weighted by Crippen LogP contribution is -2.29. The number of nitrogens with zero attached hydrogens (tertiary/aromatic N) is 1. The minimum atomic E-state index is 0.281. The summed E-state index contributed by atoms with van der Waals surface area (Å²) in [6.07, 6.45) is 7.62. The van der Waals surface area contributed by atoms with E-state index >= 15 is 0 Å². The summed E-state index contributed by atoms with van der Waals surface area (Å²) in [6.45, 7) is 2.16. The zero-order valence-electron chi connectivity index (χ0n) is 20.0. The van der Waals surface area contributed by atoms with E-state index < -0.39 is 0 Å². The Kier molecular flexibility index (Phi) is 6.01. The van der Waals surface area contributed by atoms with Crippen molar-refractivity contribution in [1.82, 2.24) is 0 Å². The third kappa shape index (κ3) is 4.03. The van der Waals surface area contributed by atoms with Gasteiger partial charge >= 0.3 is 0 Å². The van der Waals surface area contributed by atoms with Gasteiger partial charge in [-0.3, -0.25) is 4.99 Å². The van der Waals surface area contributed by atoms with E-state index in [0.29, 0.717) is 29.1 Å². The van der Waals surface area contributed by atoms with Crippen molar-refractivity contribution in [3.8, 4) is 17.2 Å². The van der Waals surface area contributed by atoms with Crippen molar-refractivity contribution in [2.24, 2.45) is 10.9 Å². The van der Waals surface area contributed by atoms with Crippen LogP contribution < -0.4 is 19.5 Å². The first-order valence-electron chi connectivity index (χ1n) is 11.6. The fourth-order valence-electron chi connectivity index (χ4n) is 5.14. The minimum absolute atomic E-state index is 0.281. The fraction of sp³-hybridized carbons (Fsp3) is 0.276. The third-order valence-electron chi connectivity index (χ3n) is 6.82. The van der Waals surface area contributed by atoms with Gasteiger partial charge in [-0.05, 0) is 60.7 Å². The lowest BCUT2D eigenvalue weighted by atomic mass is 9.76. The Hall–Kier alpha value is -3.73. The van der Waals surface area contributed by atoms with Gasteiger partial charge in [0, 0.05) is 23.4 Å². The molecule has 34 heavy (non-hydrogen) atoms. The highest BCUT2D eigenvalue weighted by atomic mass is 16.5. The standard InChI is InChI=1S/C29H30N2O3/c1-18-8-13-25-24(14-18)22-6-5-7-23(22)28(31-25)20-9-11-21(12-10-20)30-17-19-15-26(32-2)29(34-4)27(16-19)33-3/h5-6,8-17,22-23,28,31H,7H2,1-4H3/t22-,23+,28-/m0/s1. The molecular weight excluding hydrogens is 424 g/mol. The van der Waals surface area contributed by atoms with E-state index in [1.165, 1.54) is 22.4 Å². The third-order valence-corrected chi connectivity index (χ3v) is 6.82. The number of anilines is 1. The van der Waals surface area contributed by atoms with Crippen molar-refractivity contribution >= 4 is 17.6 Å². The van der Waals surface area contributed by atoms with Gasteiger partial charge in [-0.25, -0.2) is 0 Å². The first kappa shape index (κ1) is 22.1. The normalized spacial score (nSPS) is 20.5. The first-order chi connectivity index (χ1) is 16.6. The van der Waals surface area contributed by atoms with Gasteiger partial charge in [0.05, 0.1) is 33.1 Å². The number of hydrogen-bond acceptors (Lipinski definition) is 5. The second-order valence-corrected chi connectivity index (χ2v) is 8.87. The van der Waals surface area contributed by atoms with Crippen LogP contribution in [0.3, 0.4) is 0 Å². The topological polar surface area (TPSA) is 52.1 Å². The molecular formula is C29H30N2O3. The van der Waals surface area contributed by atoms with E-state index in [0.717, 1.165) is 17.7 Å². The molecule has 1 aliphatic carbocycles. The van der Waals surface area contributed by atoms with Gasteiger partial charge in [0.15, 0.2) is 11.5 Å². The quantitative estimate of drug-likeness (QED) is 0.337. The molecule has 174 valence electrons. The molecule has 0 fully saturated rings. The Bertz CT molecular complexity index is 1220. The Morgan fingerprint density at radius 2 is 1.65 bits per heavy atom. The van der Waals surface area contributed by atoms with Gasteiger partial charge in [-0.15, -0.1) is 0 Å². The Balaban J connectivity index is 1.37. The van der Waals surface area contributed by atoms with E-state index in [2.05, 4.69) is 71.8 Å². The highest BCUT2D eigenvalue weighted by Crippen LogP contribution is 2.50. The maximum atomic E-state index is 5.44. The number of ether oxygens (including phenoxy) is 3. The second-order valence-electron chi connectivity index (χ2n) is 8.87. The number of fused-ring (bicyclic) bond motifs is 3. The number of hydrogen-bond donors (Lipinski definition) is 1. The zero-order chi connectivity index (χ0) is 23.7. The van der Waals surface area contributed by atoms with Gasteiger partial charge in [0.1, 0.15) is 0 Å². The molecule has 0 spiro atoms. The number of aryl methyl sites for hydroxylation is 1. The van der Waals surface area contributed by atoms with Gasteiger partial charge in [0.2, 0.25) is 5.75 Å². The van der Waals surface area contributed by atoms with Gasteiger partial charge in [0.25, 0.3) is 0 Å². The molecule has 5 rings (SSSR count). The smallest absolute Gasteiger partial charge is 0.203 e. The van der Waals surface area contributed by atoms with E-state index in [1.807, 2.05) is 18.3 Å². The van der Waals surface area contributed by atoms with Crippen LogP contribution >= 0.6 is 0 Å². The lowest BCUT2D eigenvalue weighted by Gasteiger charge is -2.37. The predicted molar refractivity (Wildman–Crippen MR) is 137 cm³/mol. The summed E-state index contributed by atoms with van der Waals surface area (Å²) in [5.41, 5.74) is 7.03. The number of aliphatic imine (C=N–C) groups is 1. The predicted octanol–water partition coefficient (Wildman–Crippen LogP) is 6.60. The van der Waals surface area contributed by atoms with Crippen LogP contribution in [0.15, 0.2) is 71.7 Å². The van der Waals surface area contributed by atoms with Crippen molar-refractivity contribution in [2.45, 2.75) is 25.3 Å². The SMILES string of the molecule is COc1cc(C=Nc2ccc([C@@H]3Nc4ccc(C)cc4[C@H]4C=CC[C@H]43)cc2)cc(OC)c1OC. The number of allylic oxidation sites excluding steroid dienone is 2. The summed E-state index contributed by atoms with van der Waals surface area (Å²) in [5.74, 6) is 2.79. The Labute approximate surface area is 201 Å². The van der Waals surface area contributed by atoms with Crippen molar-refractivity contribution in [3.05, 3.63) is 89.0 Å². The first-order valence-corrected chi connectivity index (χ1v) is 11.6. The van der Waals surface area contributed by atoms with Crippen LogP contribution in [0.1, 0.15) is 40.6 Å². The molecule has 0 saturated carbocycles. The van der Waals surface area contributed by atoms with Crippen LogP contribution in [0, 0.1) is 12.8 Å². The molecule has 0 saturated heterocycles. The molecule has 1 heterocycles. The van der Waals surface area contributed by atoms with Crippen molar-refractivity contribution in [1.29, 1.82) is 0 Å². The lowest BCUT2D eigenvalue weighted by molar-refractivity contribution is 0.324. The van der Waals surface area contributed by atoms with Crippen LogP contribution in [-0.2, 0) is 0 Å². The van der Waals surface area contributed by atoms with Crippen molar-refractivity contribution < 1.29 is 14.2 Å². The second kappa shape index (κ2) is 9.26. The van der Waals surface area contributed by atoms with Crippen LogP contribution in [0.2, 0.25) is 0 Å². The summed E-state index contributed by atoms with van der Waals surface area (Å²) in [6, 6.07) is 19.3. The Morgan fingerprint density at radius 3 is 2.32 bits per heavy atom. The number of nitrogens with one attached hydrogen (secondary N) is 1. The van der Waals surface area contributed by atoms with E-state index in [1.54, 1.807) is 21.3 Å². The fourth-order valence-corrected chi connectivity index (χ4v) is 5.14. The van der Waals surface area contributed by atoms with Crippen LogP contribution in [0.25, 0.3) is 0 Å². The molecule has 3 aromatic rings. The van der Waals surface area contributed by atoms with Crippen LogP contribution in [0.4, 0.5) is 11.4 Å². The minimum Gasteiger partial charge on any atom is -0.493 e. The van der Waals surface area contributed by atoms with Crippen LogP contribution in [0.5, 0.6) is 17.2 Å². The summed E-state index contributed by atoms with van der Waals surface area (Å²) in [5, 5.41) is 3.81. The average Bonchev–Trinajstić information content (AvgIpc) is 3.37. The van der Waals surface area contributed by atoms with Crippen LogP contribution in [-0.4, -0.2) is 27.5 Å². The molecule has 1 aliphatic heterocycles. The summed E-state index contributed by atoms with van der Waals surface area (Å²) in [4.78, 5) is 4.67. The van der Waals surface area contributed by atoms with E-state index in [9.17, 15) is 0 Å². The molecule has 3 atom stereocenters. The van der Waals surface area contributed by atoms with E-state index in [4.69, 9.17) is 14.2 Å². The van der Waals surface area contributed by atoms with E-state index in [-0.39, 0.29) is 6.04 Å². The highest BCUT2D eigenvalue weighted by Gasteiger charge is 2.37. The highest BCUT2D eigenvalue weighted by molar-refractivity contribution is 5.84. The molecule has 3 aromatic carbocycles. The van der Waals surface area contributed by atoms with Gasteiger partial charge in [-0.2, -0.15) is 0 Å².